The number of benzene rings is 1. The maximum atomic E-state index is 10.8. The number of nitrogens with zero attached hydrogens (tertiary/aromatic N) is 3. The van der Waals surface area contributed by atoms with Crippen molar-refractivity contribution in [2.45, 2.75) is 0 Å². The number of hydrogen-bond donors (Lipinski definition) is 3. The molecule has 0 aliphatic carbocycles. The number of rotatable bonds is 6. The third kappa shape index (κ3) is 4.65. The van der Waals surface area contributed by atoms with Gasteiger partial charge >= 0.3 is 5.97 Å². The summed E-state index contributed by atoms with van der Waals surface area (Å²) in [5.74, 6) is -0.294. The highest BCUT2D eigenvalue weighted by Crippen LogP contribution is 2.24. The molecule has 0 bridgehead atoms. The van der Waals surface area contributed by atoms with Crippen molar-refractivity contribution in [3.05, 3.63) is 59.9 Å². The van der Waals surface area contributed by atoms with Gasteiger partial charge in [-0.2, -0.15) is 4.98 Å². The van der Waals surface area contributed by atoms with E-state index < -0.39 is 5.97 Å². The van der Waals surface area contributed by atoms with E-state index in [1.807, 2.05) is 18.2 Å². The molecule has 1 aromatic carbocycles. The zero-order chi connectivity index (χ0) is 17.6. The quantitative estimate of drug-likeness (QED) is 0.622. The van der Waals surface area contributed by atoms with Crippen LogP contribution in [0.2, 0.25) is 5.02 Å². The zero-order valence-corrected chi connectivity index (χ0v) is 13.7. The second-order valence-corrected chi connectivity index (χ2v) is 5.52. The maximum absolute atomic E-state index is 10.8. The summed E-state index contributed by atoms with van der Waals surface area (Å²) >= 11 is 6.00. The smallest absolute Gasteiger partial charge is 0.322 e. The van der Waals surface area contributed by atoms with Gasteiger partial charge in [-0.25, -0.2) is 4.98 Å². The number of carboxylic acid groups (broad SMARTS) is 1. The van der Waals surface area contributed by atoms with Crippen LogP contribution in [0.5, 0.6) is 0 Å². The van der Waals surface area contributed by atoms with E-state index in [1.165, 1.54) is 0 Å². The number of nitrogens with one attached hydrogen (secondary N) is 2. The van der Waals surface area contributed by atoms with Crippen molar-refractivity contribution >= 4 is 35.0 Å². The summed E-state index contributed by atoms with van der Waals surface area (Å²) in [5, 5.41) is 15.3. The monoisotopic (exact) mass is 355 g/mol. The van der Waals surface area contributed by atoms with Gasteiger partial charge in [-0.1, -0.05) is 17.7 Å². The van der Waals surface area contributed by atoms with Crippen LogP contribution in [0.3, 0.4) is 0 Å². The van der Waals surface area contributed by atoms with Crippen LogP contribution >= 0.6 is 11.6 Å². The topological polar surface area (TPSA) is 100 Å². The summed E-state index contributed by atoms with van der Waals surface area (Å²) in [4.78, 5) is 23.5. The molecule has 0 saturated carbocycles. The van der Waals surface area contributed by atoms with Gasteiger partial charge in [-0.3, -0.25) is 9.78 Å². The molecule has 2 heterocycles. The number of halogens is 1. The summed E-state index contributed by atoms with van der Waals surface area (Å²) in [6, 6.07) is 12.6. The van der Waals surface area contributed by atoms with Crippen LogP contribution in [0, 0.1) is 0 Å². The molecule has 25 heavy (non-hydrogen) atoms. The average Bonchev–Trinajstić information content (AvgIpc) is 2.60. The molecule has 3 aromatic rings. The van der Waals surface area contributed by atoms with Gasteiger partial charge in [0, 0.05) is 34.7 Å². The molecule has 7 nitrogen and oxygen atoms in total. The third-order valence-corrected chi connectivity index (χ3v) is 3.41. The van der Waals surface area contributed by atoms with E-state index in [-0.39, 0.29) is 12.5 Å². The Kier molecular flexibility index (Phi) is 5.06. The molecule has 3 N–H and O–H groups in total. The summed E-state index contributed by atoms with van der Waals surface area (Å²) < 4.78 is 0. The van der Waals surface area contributed by atoms with E-state index in [1.54, 1.807) is 36.7 Å². The molecule has 0 aliphatic rings. The van der Waals surface area contributed by atoms with Crippen LogP contribution in [-0.4, -0.2) is 32.6 Å². The molecule has 0 saturated heterocycles. The van der Waals surface area contributed by atoms with Crippen LogP contribution in [0.25, 0.3) is 11.3 Å². The van der Waals surface area contributed by atoms with Crippen molar-refractivity contribution in [2.24, 2.45) is 0 Å². The molecule has 0 atom stereocenters. The van der Waals surface area contributed by atoms with E-state index in [4.69, 9.17) is 16.7 Å². The molecule has 126 valence electrons. The van der Waals surface area contributed by atoms with E-state index in [0.29, 0.717) is 16.5 Å². The van der Waals surface area contributed by atoms with Crippen molar-refractivity contribution in [2.75, 3.05) is 17.2 Å². The van der Waals surface area contributed by atoms with Gasteiger partial charge in [0.25, 0.3) is 0 Å². The first-order valence-corrected chi connectivity index (χ1v) is 7.76. The Bertz CT molecular complexity index is 889. The Morgan fingerprint density at radius 2 is 2.04 bits per heavy atom. The number of pyridine rings is 1. The minimum absolute atomic E-state index is 0.202. The molecule has 0 aliphatic heterocycles. The summed E-state index contributed by atoms with van der Waals surface area (Å²) in [5.41, 5.74) is 2.16. The summed E-state index contributed by atoms with van der Waals surface area (Å²) in [6.07, 6.45) is 3.34. The molecule has 0 unspecified atom stereocenters. The SMILES string of the molecule is O=C(O)CNc1nc(Nc2cccc(Cl)c2)cc(-c2cccnc2)n1. The average molecular weight is 356 g/mol. The molecule has 0 radical (unpaired) electrons. The Hall–Kier alpha value is -3.19. The van der Waals surface area contributed by atoms with Crippen LogP contribution in [-0.2, 0) is 4.79 Å². The first-order valence-electron chi connectivity index (χ1n) is 7.38. The second-order valence-electron chi connectivity index (χ2n) is 5.09. The largest absolute Gasteiger partial charge is 0.480 e. The molecule has 8 heteroatoms. The van der Waals surface area contributed by atoms with Crippen LogP contribution in [0.4, 0.5) is 17.5 Å². The minimum Gasteiger partial charge on any atom is -0.480 e. The lowest BCUT2D eigenvalue weighted by Gasteiger charge is -2.11. The molecule has 0 fully saturated rings. The number of anilines is 3. The lowest BCUT2D eigenvalue weighted by Crippen LogP contribution is -2.15. The fraction of sp³-hybridized carbons (Fsp3) is 0.0588. The van der Waals surface area contributed by atoms with Gasteiger partial charge in [0.15, 0.2) is 0 Å². The molecule has 0 amide bonds. The highest BCUT2D eigenvalue weighted by molar-refractivity contribution is 6.30. The minimum atomic E-state index is -1.00. The van der Waals surface area contributed by atoms with Gasteiger partial charge in [0.1, 0.15) is 12.4 Å². The predicted molar refractivity (Wildman–Crippen MR) is 96.1 cm³/mol. The zero-order valence-electron chi connectivity index (χ0n) is 13.0. The van der Waals surface area contributed by atoms with Crippen molar-refractivity contribution < 1.29 is 9.90 Å². The number of aliphatic carboxylic acids is 1. The van der Waals surface area contributed by atoms with Crippen LogP contribution < -0.4 is 10.6 Å². The van der Waals surface area contributed by atoms with E-state index >= 15 is 0 Å². The van der Waals surface area contributed by atoms with E-state index in [2.05, 4.69) is 25.6 Å². The molecule has 2 aromatic heterocycles. The number of aromatic nitrogens is 3. The van der Waals surface area contributed by atoms with Crippen LogP contribution in [0.15, 0.2) is 54.9 Å². The molecule has 3 rings (SSSR count). The van der Waals surface area contributed by atoms with E-state index in [9.17, 15) is 4.79 Å². The Morgan fingerprint density at radius 1 is 1.16 bits per heavy atom. The molecular weight excluding hydrogens is 342 g/mol. The van der Waals surface area contributed by atoms with E-state index in [0.717, 1.165) is 11.3 Å². The molecular formula is C17H14ClN5O2. The van der Waals surface area contributed by atoms with Gasteiger partial charge in [-0.05, 0) is 30.3 Å². The highest BCUT2D eigenvalue weighted by Gasteiger charge is 2.09. The normalized spacial score (nSPS) is 10.3. The van der Waals surface area contributed by atoms with Crippen molar-refractivity contribution in [1.29, 1.82) is 0 Å². The van der Waals surface area contributed by atoms with Crippen molar-refractivity contribution in [3.63, 3.8) is 0 Å². The highest BCUT2D eigenvalue weighted by atomic mass is 35.5. The van der Waals surface area contributed by atoms with Gasteiger partial charge < -0.3 is 15.7 Å². The predicted octanol–water partition coefficient (Wildman–Crippen LogP) is 3.43. The second kappa shape index (κ2) is 7.59. The summed E-state index contributed by atoms with van der Waals surface area (Å²) in [7, 11) is 0. The fourth-order valence-electron chi connectivity index (χ4n) is 2.12. The van der Waals surface area contributed by atoms with Gasteiger partial charge in [0.2, 0.25) is 5.95 Å². The Morgan fingerprint density at radius 3 is 2.76 bits per heavy atom. The number of hydrogen-bond acceptors (Lipinski definition) is 6. The summed E-state index contributed by atoms with van der Waals surface area (Å²) in [6.45, 7) is -0.285. The lowest BCUT2D eigenvalue weighted by molar-refractivity contribution is -0.134. The first kappa shape index (κ1) is 16.7. The Labute approximate surface area is 148 Å². The van der Waals surface area contributed by atoms with Crippen molar-refractivity contribution in [1.82, 2.24) is 15.0 Å². The van der Waals surface area contributed by atoms with Crippen molar-refractivity contribution in [3.8, 4) is 11.3 Å². The lowest BCUT2D eigenvalue weighted by atomic mass is 10.2. The fourth-order valence-corrected chi connectivity index (χ4v) is 2.31. The maximum Gasteiger partial charge on any atom is 0.322 e. The van der Waals surface area contributed by atoms with Gasteiger partial charge in [-0.15, -0.1) is 0 Å². The number of carbonyl (C=O) groups is 1. The van der Waals surface area contributed by atoms with Crippen LogP contribution in [0.1, 0.15) is 0 Å². The number of carboxylic acids is 1. The van der Waals surface area contributed by atoms with Gasteiger partial charge in [0.05, 0.1) is 5.69 Å². The first-order chi connectivity index (χ1) is 12.1. The molecule has 0 spiro atoms. The third-order valence-electron chi connectivity index (χ3n) is 3.18. The Balaban J connectivity index is 1.95. The standard InChI is InChI=1S/C17H14ClN5O2/c18-12-4-1-5-13(7-12)21-15-8-14(11-3-2-6-19-9-11)22-17(23-15)20-10-16(24)25/h1-9H,10H2,(H,24,25)(H2,20,21,22,23).